The summed E-state index contributed by atoms with van der Waals surface area (Å²) in [5, 5.41) is 0. The number of halogens is 1. The van der Waals surface area contributed by atoms with Gasteiger partial charge in [0.2, 0.25) is 0 Å². The van der Waals surface area contributed by atoms with E-state index in [4.69, 9.17) is 16.3 Å². The summed E-state index contributed by atoms with van der Waals surface area (Å²) in [7, 11) is 0. The molecule has 0 aliphatic carbocycles. The first-order valence-corrected chi connectivity index (χ1v) is 6.57. The predicted molar refractivity (Wildman–Crippen MR) is 69.3 cm³/mol. The molecule has 0 aromatic carbocycles. The number of rotatable bonds is 3. The van der Waals surface area contributed by atoms with Crippen molar-refractivity contribution in [1.82, 2.24) is 9.88 Å². The molecular weight excluding hydrogens is 236 g/mol. The van der Waals surface area contributed by atoms with Crippen LogP contribution in [0.3, 0.4) is 0 Å². The number of nitrogens with zero attached hydrogens (tertiary/aromatic N) is 2. The minimum atomic E-state index is 0.144. The zero-order valence-electron chi connectivity index (χ0n) is 10.4. The highest BCUT2D eigenvalue weighted by atomic mass is 35.5. The van der Waals surface area contributed by atoms with Gasteiger partial charge in [0.05, 0.1) is 17.9 Å². The van der Waals surface area contributed by atoms with Crippen molar-refractivity contribution < 1.29 is 4.74 Å². The van der Waals surface area contributed by atoms with Crippen LogP contribution in [0.25, 0.3) is 0 Å². The zero-order chi connectivity index (χ0) is 12.3. The molecule has 2 rings (SSSR count). The lowest BCUT2D eigenvalue weighted by Gasteiger charge is -2.35. The molecule has 2 unspecified atom stereocenters. The van der Waals surface area contributed by atoms with Crippen LogP contribution in [0.15, 0.2) is 18.2 Å². The number of pyridine rings is 1. The molecular formula is C13H19ClN2O. The molecule has 0 radical (unpaired) electrons. The Morgan fingerprint density at radius 1 is 1.47 bits per heavy atom. The van der Waals surface area contributed by atoms with Crippen LogP contribution in [0, 0.1) is 6.92 Å². The summed E-state index contributed by atoms with van der Waals surface area (Å²) < 4.78 is 5.73. The zero-order valence-corrected chi connectivity index (χ0v) is 11.2. The molecule has 94 valence electrons. The molecule has 4 heteroatoms. The summed E-state index contributed by atoms with van der Waals surface area (Å²) in [6, 6.07) is 6.15. The van der Waals surface area contributed by atoms with Gasteiger partial charge in [-0.2, -0.15) is 0 Å². The summed E-state index contributed by atoms with van der Waals surface area (Å²) in [6.45, 7) is 6.83. The highest BCUT2D eigenvalue weighted by Gasteiger charge is 2.24. The smallest absolute Gasteiger partial charge is 0.0841 e. The summed E-state index contributed by atoms with van der Waals surface area (Å²) in [5.74, 6) is 0.558. The summed E-state index contributed by atoms with van der Waals surface area (Å²) in [5.41, 5.74) is 2.19. The van der Waals surface area contributed by atoms with Crippen molar-refractivity contribution in [3.8, 4) is 0 Å². The Bertz CT molecular complexity index is 372. The third-order valence-electron chi connectivity index (χ3n) is 2.91. The molecule has 1 aromatic heterocycles. The van der Waals surface area contributed by atoms with Gasteiger partial charge in [-0.05, 0) is 26.0 Å². The lowest BCUT2D eigenvalue weighted by Crippen LogP contribution is -2.46. The lowest BCUT2D eigenvalue weighted by molar-refractivity contribution is -0.0691. The topological polar surface area (TPSA) is 25.4 Å². The largest absolute Gasteiger partial charge is 0.371 e. The third-order valence-corrected chi connectivity index (χ3v) is 3.25. The Morgan fingerprint density at radius 2 is 2.29 bits per heavy atom. The average molecular weight is 255 g/mol. The standard InChI is InChI=1S/C13H19ClN2O/c1-10-4-3-5-12(15-10)8-16-7-11(2)17-13(6-14)9-16/h3-5,11,13H,6-9H2,1-2H3. The molecule has 0 amide bonds. The summed E-state index contributed by atoms with van der Waals surface area (Å²) in [4.78, 5) is 6.89. The minimum absolute atomic E-state index is 0.144. The van der Waals surface area contributed by atoms with E-state index in [9.17, 15) is 0 Å². The quantitative estimate of drug-likeness (QED) is 0.774. The molecule has 3 nitrogen and oxygen atoms in total. The number of hydrogen-bond acceptors (Lipinski definition) is 3. The molecule has 1 saturated heterocycles. The van der Waals surface area contributed by atoms with Gasteiger partial charge < -0.3 is 4.74 Å². The van der Waals surface area contributed by atoms with Crippen LogP contribution in [0.5, 0.6) is 0 Å². The number of hydrogen-bond donors (Lipinski definition) is 0. The van der Waals surface area contributed by atoms with Gasteiger partial charge in [0.1, 0.15) is 0 Å². The van der Waals surface area contributed by atoms with Gasteiger partial charge in [0.25, 0.3) is 0 Å². The van der Waals surface area contributed by atoms with E-state index in [2.05, 4.69) is 28.9 Å². The molecule has 17 heavy (non-hydrogen) atoms. The van der Waals surface area contributed by atoms with E-state index in [1.165, 1.54) is 0 Å². The van der Waals surface area contributed by atoms with Gasteiger partial charge >= 0.3 is 0 Å². The van der Waals surface area contributed by atoms with Gasteiger partial charge in [0, 0.05) is 31.2 Å². The van der Waals surface area contributed by atoms with Gasteiger partial charge in [-0.1, -0.05) is 6.07 Å². The Labute approximate surface area is 108 Å². The van der Waals surface area contributed by atoms with Crippen molar-refractivity contribution in [2.75, 3.05) is 19.0 Å². The molecule has 1 aliphatic heterocycles. The van der Waals surface area contributed by atoms with Crippen LogP contribution in [0.2, 0.25) is 0 Å². The Hall–Kier alpha value is -0.640. The second-order valence-electron chi connectivity index (χ2n) is 4.69. The molecule has 1 aliphatic rings. The van der Waals surface area contributed by atoms with Gasteiger partial charge in [-0.25, -0.2) is 0 Å². The van der Waals surface area contributed by atoms with E-state index in [0.29, 0.717) is 5.88 Å². The fraction of sp³-hybridized carbons (Fsp3) is 0.615. The Kier molecular flexibility index (Phi) is 4.37. The Morgan fingerprint density at radius 3 is 3.00 bits per heavy atom. The molecule has 1 aromatic rings. The van der Waals surface area contributed by atoms with Crippen molar-refractivity contribution in [3.63, 3.8) is 0 Å². The second kappa shape index (κ2) is 5.80. The van der Waals surface area contributed by atoms with Gasteiger partial charge in [0.15, 0.2) is 0 Å². The molecule has 0 bridgehead atoms. The number of ether oxygens (including phenoxy) is 1. The van der Waals surface area contributed by atoms with Crippen molar-refractivity contribution in [2.24, 2.45) is 0 Å². The fourth-order valence-electron chi connectivity index (χ4n) is 2.27. The number of morpholine rings is 1. The molecule has 0 N–H and O–H groups in total. The van der Waals surface area contributed by atoms with E-state index in [0.717, 1.165) is 31.0 Å². The average Bonchev–Trinajstić information content (AvgIpc) is 2.28. The lowest BCUT2D eigenvalue weighted by atomic mass is 10.2. The van der Waals surface area contributed by atoms with Gasteiger partial charge in [-0.3, -0.25) is 9.88 Å². The highest BCUT2D eigenvalue weighted by molar-refractivity contribution is 6.18. The Balaban J connectivity index is 1.98. The molecule has 0 saturated carbocycles. The van der Waals surface area contributed by atoms with Crippen molar-refractivity contribution in [3.05, 3.63) is 29.6 Å². The van der Waals surface area contributed by atoms with E-state index in [1.807, 2.05) is 13.0 Å². The van der Waals surface area contributed by atoms with Crippen molar-refractivity contribution >= 4 is 11.6 Å². The molecule has 2 atom stereocenters. The van der Waals surface area contributed by atoms with E-state index in [-0.39, 0.29) is 12.2 Å². The third kappa shape index (κ3) is 3.66. The molecule has 1 fully saturated rings. The maximum absolute atomic E-state index is 5.87. The number of alkyl halides is 1. The van der Waals surface area contributed by atoms with Crippen LogP contribution >= 0.6 is 11.6 Å². The fourth-order valence-corrected chi connectivity index (χ4v) is 2.44. The normalized spacial score (nSPS) is 26.1. The maximum Gasteiger partial charge on any atom is 0.0841 e. The van der Waals surface area contributed by atoms with E-state index >= 15 is 0 Å². The first-order valence-electron chi connectivity index (χ1n) is 6.03. The first-order chi connectivity index (χ1) is 8.17. The molecule has 0 spiro atoms. The highest BCUT2D eigenvalue weighted by Crippen LogP contribution is 2.14. The van der Waals surface area contributed by atoms with Crippen LogP contribution in [-0.4, -0.2) is 41.1 Å². The van der Waals surface area contributed by atoms with Crippen LogP contribution in [0.4, 0.5) is 0 Å². The van der Waals surface area contributed by atoms with Crippen molar-refractivity contribution in [1.29, 1.82) is 0 Å². The van der Waals surface area contributed by atoms with E-state index in [1.54, 1.807) is 0 Å². The van der Waals surface area contributed by atoms with Crippen molar-refractivity contribution in [2.45, 2.75) is 32.6 Å². The predicted octanol–water partition coefficient (Wildman–Crippen LogP) is 2.22. The molecule has 2 heterocycles. The van der Waals surface area contributed by atoms with Crippen LogP contribution in [-0.2, 0) is 11.3 Å². The number of aromatic nitrogens is 1. The van der Waals surface area contributed by atoms with E-state index < -0.39 is 0 Å². The summed E-state index contributed by atoms with van der Waals surface area (Å²) >= 11 is 5.87. The van der Waals surface area contributed by atoms with Crippen LogP contribution < -0.4 is 0 Å². The first kappa shape index (κ1) is 12.8. The summed E-state index contributed by atoms with van der Waals surface area (Å²) in [6.07, 6.45) is 0.391. The van der Waals surface area contributed by atoms with Crippen LogP contribution in [0.1, 0.15) is 18.3 Å². The maximum atomic E-state index is 5.87. The number of aryl methyl sites for hydroxylation is 1. The van der Waals surface area contributed by atoms with Gasteiger partial charge in [-0.15, -0.1) is 11.6 Å². The minimum Gasteiger partial charge on any atom is -0.371 e. The SMILES string of the molecule is Cc1cccc(CN2CC(C)OC(CCl)C2)n1. The second-order valence-corrected chi connectivity index (χ2v) is 5.00. The monoisotopic (exact) mass is 254 g/mol.